The van der Waals surface area contributed by atoms with Crippen molar-refractivity contribution in [3.8, 4) is 0 Å². The SMILES string of the molecule is CCN(CC(=O)Nc1cc(C(C)(C)C)no1)CC(C)(C)O. The number of nitrogens with zero attached hydrogens (tertiary/aromatic N) is 2. The van der Waals surface area contributed by atoms with Gasteiger partial charge in [0, 0.05) is 18.0 Å². The summed E-state index contributed by atoms with van der Waals surface area (Å²) in [7, 11) is 0. The number of anilines is 1. The second-order valence-corrected chi connectivity index (χ2v) is 6.99. The van der Waals surface area contributed by atoms with E-state index in [2.05, 4.69) is 10.5 Å². The molecule has 0 bridgehead atoms. The number of hydrogen-bond acceptors (Lipinski definition) is 5. The summed E-state index contributed by atoms with van der Waals surface area (Å²) in [5, 5.41) is 16.5. The maximum Gasteiger partial charge on any atom is 0.240 e. The normalized spacial score (nSPS) is 12.8. The van der Waals surface area contributed by atoms with Crippen LogP contribution in [0.4, 0.5) is 5.88 Å². The molecule has 0 saturated heterocycles. The molecule has 1 amide bonds. The van der Waals surface area contributed by atoms with Gasteiger partial charge in [0.2, 0.25) is 11.8 Å². The molecule has 0 radical (unpaired) electrons. The van der Waals surface area contributed by atoms with Crippen LogP contribution in [0.2, 0.25) is 0 Å². The van der Waals surface area contributed by atoms with Crippen LogP contribution >= 0.6 is 0 Å². The Hall–Kier alpha value is -1.40. The Morgan fingerprint density at radius 2 is 2.00 bits per heavy atom. The molecule has 0 atom stereocenters. The number of hydrogen-bond donors (Lipinski definition) is 2. The number of aromatic nitrogens is 1. The largest absolute Gasteiger partial charge is 0.389 e. The van der Waals surface area contributed by atoms with Crippen LogP contribution in [0.25, 0.3) is 0 Å². The number of carbonyl (C=O) groups is 1. The van der Waals surface area contributed by atoms with Gasteiger partial charge in [0.15, 0.2) is 0 Å². The van der Waals surface area contributed by atoms with Crippen molar-refractivity contribution in [2.45, 2.75) is 52.6 Å². The van der Waals surface area contributed by atoms with Crippen molar-refractivity contribution < 1.29 is 14.4 Å². The minimum absolute atomic E-state index is 0.122. The third-order valence-electron chi connectivity index (χ3n) is 2.97. The molecule has 0 aromatic carbocycles. The summed E-state index contributed by atoms with van der Waals surface area (Å²) in [6.07, 6.45) is 0. The highest BCUT2D eigenvalue weighted by molar-refractivity contribution is 5.91. The van der Waals surface area contributed by atoms with E-state index in [9.17, 15) is 9.90 Å². The number of nitrogens with one attached hydrogen (secondary N) is 1. The predicted octanol–water partition coefficient (Wildman–Crippen LogP) is 2.00. The van der Waals surface area contributed by atoms with Crippen LogP contribution in [-0.2, 0) is 10.2 Å². The van der Waals surface area contributed by atoms with Crippen molar-refractivity contribution >= 4 is 11.8 Å². The second-order valence-electron chi connectivity index (χ2n) is 6.99. The molecule has 1 heterocycles. The lowest BCUT2D eigenvalue weighted by molar-refractivity contribution is -0.118. The molecule has 0 unspecified atom stereocenters. The smallest absolute Gasteiger partial charge is 0.240 e. The Morgan fingerprint density at radius 1 is 1.38 bits per heavy atom. The lowest BCUT2D eigenvalue weighted by atomic mass is 9.92. The van der Waals surface area contributed by atoms with Crippen LogP contribution in [0, 0.1) is 0 Å². The van der Waals surface area contributed by atoms with E-state index in [1.54, 1.807) is 19.9 Å². The molecule has 6 heteroatoms. The molecule has 1 aromatic heterocycles. The average molecular weight is 297 g/mol. The second kappa shape index (κ2) is 6.58. The van der Waals surface area contributed by atoms with E-state index in [4.69, 9.17) is 4.52 Å². The Labute approximate surface area is 126 Å². The maximum atomic E-state index is 12.0. The van der Waals surface area contributed by atoms with Crippen molar-refractivity contribution in [1.82, 2.24) is 10.1 Å². The van der Waals surface area contributed by atoms with Crippen molar-refractivity contribution in [2.24, 2.45) is 0 Å². The van der Waals surface area contributed by atoms with Crippen LogP contribution in [0.1, 0.15) is 47.2 Å². The van der Waals surface area contributed by atoms with Crippen LogP contribution in [0.3, 0.4) is 0 Å². The van der Waals surface area contributed by atoms with E-state index in [1.807, 2.05) is 32.6 Å². The van der Waals surface area contributed by atoms with Gasteiger partial charge >= 0.3 is 0 Å². The number of amides is 1. The first kappa shape index (κ1) is 17.7. The minimum Gasteiger partial charge on any atom is -0.389 e. The molecule has 21 heavy (non-hydrogen) atoms. The quantitative estimate of drug-likeness (QED) is 0.839. The third-order valence-corrected chi connectivity index (χ3v) is 2.97. The molecule has 0 fully saturated rings. The van der Waals surface area contributed by atoms with E-state index in [0.717, 1.165) is 5.69 Å². The summed E-state index contributed by atoms with van der Waals surface area (Å²) < 4.78 is 5.13. The van der Waals surface area contributed by atoms with E-state index >= 15 is 0 Å². The summed E-state index contributed by atoms with van der Waals surface area (Å²) in [5.74, 6) is 0.168. The first-order valence-corrected chi connectivity index (χ1v) is 7.23. The number of carbonyl (C=O) groups excluding carboxylic acids is 1. The zero-order valence-corrected chi connectivity index (χ0v) is 13.9. The van der Waals surface area contributed by atoms with Gasteiger partial charge in [-0.15, -0.1) is 0 Å². The van der Waals surface area contributed by atoms with Gasteiger partial charge < -0.3 is 9.63 Å². The molecule has 0 aliphatic carbocycles. The van der Waals surface area contributed by atoms with Gasteiger partial charge in [-0.05, 0) is 20.4 Å². The van der Waals surface area contributed by atoms with Gasteiger partial charge in [-0.1, -0.05) is 32.9 Å². The van der Waals surface area contributed by atoms with E-state index in [-0.39, 0.29) is 17.9 Å². The van der Waals surface area contributed by atoms with Gasteiger partial charge in [-0.2, -0.15) is 0 Å². The Kier molecular flexibility index (Phi) is 5.53. The van der Waals surface area contributed by atoms with Gasteiger partial charge in [0.1, 0.15) is 0 Å². The number of rotatable bonds is 6. The summed E-state index contributed by atoms with van der Waals surface area (Å²) >= 11 is 0. The molecule has 0 spiro atoms. The van der Waals surface area contributed by atoms with E-state index < -0.39 is 5.60 Å². The summed E-state index contributed by atoms with van der Waals surface area (Å²) in [6, 6.07) is 1.74. The van der Waals surface area contributed by atoms with Crippen LogP contribution in [-0.4, -0.2) is 46.3 Å². The van der Waals surface area contributed by atoms with Crippen molar-refractivity contribution in [3.05, 3.63) is 11.8 Å². The fourth-order valence-corrected chi connectivity index (χ4v) is 1.89. The highest BCUT2D eigenvalue weighted by Crippen LogP contribution is 2.23. The predicted molar refractivity (Wildman–Crippen MR) is 82.2 cm³/mol. The zero-order valence-electron chi connectivity index (χ0n) is 13.9. The van der Waals surface area contributed by atoms with Crippen LogP contribution < -0.4 is 5.32 Å². The average Bonchev–Trinajstić information content (AvgIpc) is 2.74. The molecule has 120 valence electrons. The molecular weight excluding hydrogens is 270 g/mol. The molecule has 6 nitrogen and oxygen atoms in total. The number of likely N-dealkylation sites (N-methyl/N-ethyl adjacent to an activating group) is 1. The maximum absolute atomic E-state index is 12.0. The fraction of sp³-hybridized carbons (Fsp3) is 0.733. The van der Waals surface area contributed by atoms with Gasteiger partial charge in [0.25, 0.3) is 0 Å². The summed E-state index contributed by atoms with van der Waals surface area (Å²) in [6.45, 7) is 12.8. The zero-order chi connectivity index (χ0) is 16.3. The van der Waals surface area contributed by atoms with Crippen molar-refractivity contribution in [3.63, 3.8) is 0 Å². The summed E-state index contributed by atoms with van der Waals surface area (Å²) in [4.78, 5) is 13.9. The van der Waals surface area contributed by atoms with Crippen LogP contribution in [0.15, 0.2) is 10.6 Å². The lowest BCUT2D eigenvalue weighted by Crippen LogP contribution is -2.42. The fourth-order valence-electron chi connectivity index (χ4n) is 1.89. The highest BCUT2D eigenvalue weighted by atomic mass is 16.5. The molecular formula is C15H27N3O3. The molecule has 1 aromatic rings. The van der Waals surface area contributed by atoms with Crippen molar-refractivity contribution in [1.29, 1.82) is 0 Å². The van der Waals surface area contributed by atoms with E-state index in [0.29, 0.717) is 19.0 Å². The van der Waals surface area contributed by atoms with Crippen LogP contribution in [0.5, 0.6) is 0 Å². The number of aliphatic hydroxyl groups is 1. The van der Waals surface area contributed by atoms with E-state index in [1.165, 1.54) is 0 Å². The van der Waals surface area contributed by atoms with Gasteiger partial charge in [-0.3, -0.25) is 15.0 Å². The lowest BCUT2D eigenvalue weighted by Gasteiger charge is -2.27. The molecule has 0 aliphatic rings. The molecule has 0 aliphatic heterocycles. The van der Waals surface area contributed by atoms with Gasteiger partial charge in [-0.25, -0.2) is 0 Å². The Morgan fingerprint density at radius 3 is 2.43 bits per heavy atom. The van der Waals surface area contributed by atoms with Crippen molar-refractivity contribution in [2.75, 3.05) is 25.0 Å². The minimum atomic E-state index is -0.831. The summed E-state index contributed by atoms with van der Waals surface area (Å²) in [5.41, 5.74) is -0.160. The molecule has 0 saturated carbocycles. The monoisotopic (exact) mass is 297 g/mol. The molecule has 1 rings (SSSR count). The topological polar surface area (TPSA) is 78.6 Å². The first-order chi connectivity index (χ1) is 9.51. The standard InChI is InChI=1S/C15H27N3O3/c1-7-18(10-15(5,6)20)9-12(19)16-13-8-11(17-21-13)14(2,3)4/h8,20H,7,9-10H2,1-6H3,(H,16,19). The highest BCUT2D eigenvalue weighted by Gasteiger charge is 2.21. The first-order valence-electron chi connectivity index (χ1n) is 7.23. The van der Waals surface area contributed by atoms with Gasteiger partial charge in [0.05, 0.1) is 17.8 Å². The third kappa shape index (κ3) is 6.27. The Bertz CT molecular complexity index is 469. The Balaban J connectivity index is 2.59. The molecule has 2 N–H and O–H groups in total.